The molecule has 0 radical (unpaired) electrons. The summed E-state index contributed by atoms with van der Waals surface area (Å²) in [6.45, 7) is 2.90. The van der Waals surface area contributed by atoms with Gasteiger partial charge in [-0.2, -0.15) is 4.31 Å². The van der Waals surface area contributed by atoms with E-state index in [-0.39, 0.29) is 0 Å². The Labute approximate surface area is 142 Å². The zero-order valence-corrected chi connectivity index (χ0v) is 14.4. The Balaban J connectivity index is 1.55. The molecule has 3 rings (SSSR count). The number of anilines is 2. The van der Waals surface area contributed by atoms with Gasteiger partial charge in [0.05, 0.1) is 6.26 Å². The van der Waals surface area contributed by atoms with Crippen molar-refractivity contribution in [3.05, 3.63) is 48.0 Å². The predicted octanol–water partition coefficient (Wildman–Crippen LogP) is 1.17. The maximum atomic E-state index is 11.5. The maximum absolute atomic E-state index is 11.5. The van der Waals surface area contributed by atoms with Gasteiger partial charge < -0.3 is 10.2 Å². The van der Waals surface area contributed by atoms with Gasteiger partial charge in [0.2, 0.25) is 10.0 Å². The van der Waals surface area contributed by atoms with Gasteiger partial charge in [-0.25, -0.2) is 8.42 Å². The van der Waals surface area contributed by atoms with Crippen molar-refractivity contribution in [3.8, 4) is 0 Å². The van der Waals surface area contributed by atoms with E-state index in [1.54, 1.807) is 0 Å². The molecule has 1 aromatic heterocycles. The summed E-state index contributed by atoms with van der Waals surface area (Å²) in [5, 5.41) is 11.7. The number of benzene rings is 1. The van der Waals surface area contributed by atoms with E-state index in [0.29, 0.717) is 32.7 Å². The molecule has 8 heteroatoms. The van der Waals surface area contributed by atoms with Crippen molar-refractivity contribution in [2.75, 3.05) is 42.7 Å². The Morgan fingerprint density at radius 1 is 1.00 bits per heavy atom. The number of aromatic nitrogens is 2. The van der Waals surface area contributed by atoms with E-state index in [0.717, 1.165) is 11.6 Å². The second-order valence-electron chi connectivity index (χ2n) is 5.77. The summed E-state index contributed by atoms with van der Waals surface area (Å²) in [6, 6.07) is 13.9. The van der Waals surface area contributed by atoms with Crippen molar-refractivity contribution in [2.45, 2.75) is 6.54 Å². The van der Waals surface area contributed by atoms with Crippen LogP contribution in [-0.4, -0.2) is 55.4 Å². The van der Waals surface area contributed by atoms with Crippen molar-refractivity contribution in [2.24, 2.45) is 0 Å². The van der Waals surface area contributed by atoms with E-state index in [2.05, 4.69) is 32.5 Å². The predicted molar refractivity (Wildman–Crippen MR) is 94.4 cm³/mol. The highest BCUT2D eigenvalue weighted by Gasteiger charge is 2.24. The molecule has 0 bridgehead atoms. The molecule has 1 saturated heterocycles. The van der Waals surface area contributed by atoms with E-state index >= 15 is 0 Å². The number of sulfonamides is 1. The Hall–Kier alpha value is -2.19. The fraction of sp³-hybridized carbons (Fsp3) is 0.375. The van der Waals surface area contributed by atoms with Crippen LogP contribution in [0.15, 0.2) is 42.5 Å². The minimum atomic E-state index is -3.11. The van der Waals surface area contributed by atoms with Crippen molar-refractivity contribution in [1.82, 2.24) is 14.5 Å². The molecular formula is C16H21N5O2S. The molecule has 7 nitrogen and oxygen atoms in total. The van der Waals surface area contributed by atoms with Crippen LogP contribution in [0.5, 0.6) is 0 Å². The van der Waals surface area contributed by atoms with E-state index < -0.39 is 10.0 Å². The smallest absolute Gasteiger partial charge is 0.211 e. The zero-order chi connectivity index (χ0) is 17.0. The molecule has 128 valence electrons. The normalized spacial score (nSPS) is 16.1. The highest BCUT2D eigenvalue weighted by molar-refractivity contribution is 7.88. The van der Waals surface area contributed by atoms with Crippen LogP contribution in [0.4, 0.5) is 11.6 Å². The van der Waals surface area contributed by atoms with Crippen LogP contribution in [0.2, 0.25) is 0 Å². The zero-order valence-electron chi connectivity index (χ0n) is 13.6. The first kappa shape index (κ1) is 16.7. The Bertz CT molecular complexity index is 757. The Morgan fingerprint density at radius 2 is 1.71 bits per heavy atom. The fourth-order valence-electron chi connectivity index (χ4n) is 2.63. The van der Waals surface area contributed by atoms with Crippen LogP contribution in [0.1, 0.15) is 5.56 Å². The van der Waals surface area contributed by atoms with Crippen LogP contribution < -0.4 is 10.2 Å². The molecule has 2 aromatic rings. The largest absolute Gasteiger partial charge is 0.365 e. The highest BCUT2D eigenvalue weighted by Crippen LogP contribution is 2.15. The molecule has 0 unspecified atom stereocenters. The second-order valence-corrected chi connectivity index (χ2v) is 7.75. The molecule has 1 N–H and O–H groups in total. The van der Waals surface area contributed by atoms with Crippen molar-refractivity contribution in [3.63, 3.8) is 0 Å². The molecule has 2 heterocycles. The van der Waals surface area contributed by atoms with E-state index in [4.69, 9.17) is 0 Å². The third-order valence-corrected chi connectivity index (χ3v) is 5.30. The molecule has 1 aliphatic rings. The minimum Gasteiger partial charge on any atom is -0.365 e. The molecule has 0 saturated carbocycles. The fourth-order valence-corrected chi connectivity index (χ4v) is 3.45. The molecule has 24 heavy (non-hydrogen) atoms. The van der Waals surface area contributed by atoms with E-state index in [1.807, 2.05) is 30.3 Å². The number of piperazine rings is 1. The van der Waals surface area contributed by atoms with Crippen molar-refractivity contribution >= 4 is 21.7 Å². The summed E-state index contributed by atoms with van der Waals surface area (Å²) in [5.74, 6) is 1.49. The van der Waals surface area contributed by atoms with Gasteiger partial charge in [0.15, 0.2) is 5.82 Å². The Morgan fingerprint density at radius 3 is 2.29 bits per heavy atom. The van der Waals surface area contributed by atoms with E-state index in [1.165, 1.54) is 16.1 Å². The van der Waals surface area contributed by atoms with Crippen molar-refractivity contribution < 1.29 is 8.42 Å². The summed E-state index contributed by atoms with van der Waals surface area (Å²) < 4.78 is 24.6. The number of hydrogen-bond acceptors (Lipinski definition) is 6. The van der Waals surface area contributed by atoms with Crippen LogP contribution in [0.3, 0.4) is 0 Å². The van der Waals surface area contributed by atoms with Gasteiger partial charge in [-0.3, -0.25) is 0 Å². The summed E-state index contributed by atoms with van der Waals surface area (Å²) in [6.07, 6.45) is 1.25. The van der Waals surface area contributed by atoms with Crippen molar-refractivity contribution in [1.29, 1.82) is 0 Å². The molecule has 1 aliphatic heterocycles. The number of rotatable bonds is 5. The van der Waals surface area contributed by atoms with Crippen LogP contribution in [0, 0.1) is 0 Å². The lowest BCUT2D eigenvalue weighted by atomic mass is 10.2. The summed E-state index contributed by atoms with van der Waals surface area (Å²) in [7, 11) is -3.11. The minimum absolute atomic E-state index is 0.481. The van der Waals surface area contributed by atoms with Gasteiger partial charge in [0, 0.05) is 32.7 Å². The quantitative estimate of drug-likeness (QED) is 0.875. The molecule has 0 aliphatic carbocycles. The molecule has 0 amide bonds. The third-order valence-electron chi connectivity index (χ3n) is 4.00. The standard InChI is InChI=1S/C16H21N5O2S/c1-24(22,23)21-11-9-20(10-12-21)16-8-7-15(18-19-16)17-13-14-5-3-2-4-6-14/h2-8H,9-13H2,1H3,(H,17,18). The molecule has 1 aromatic carbocycles. The van der Waals surface area contributed by atoms with Gasteiger partial charge in [0.1, 0.15) is 5.82 Å². The number of hydrogen-bond donors (Lipinski definition) is 1. The summed E-state index contributed by atoms with van der Waals surface area (Å²) in [5.41, 5.74) is 1.18. The SMILES string of the molecule is CS(=O)(=O)N1CCN(c2ccc(NCc3ccccc3)nn2)CC1. The lowest BCUT2D eigenvalue weighted by Crippen LogP contribution is -2.48. The maximum Gasteiger partial charge on any atom is 0.211 e. The monoisotopic (exact) mass is 347 g/mol. The number of nitrogens with one attached hydrogen (secondary N) is 1. The summed E-state index contributed by atoms with van der Waals surface area (Å²) >= 11 is 0. The molecule has 0 spiro atoms. The van der Waals surface area contributed by atoms with Crippen LogP contribution in [-0.2, 0) is 16.6 Å². The van der Waals surface area contributed by atoms with Gasteiger partial charge in [-0.1, -0.05) is 30.3 Å². The average Bonchev–Trinajstić information content (AvgIpc) is 2.61. The summed E-state index contributed by atoms with van der Waals surface area (Å²) in [4.78, 5) is 2.05. The molecule has 0 atom stereocenters. The van der Waals surface area contributed by atoms with Gasteiger partial charge in [0.25, 0.3) is 0 Å². The number of nitrogens with zero attached hydrogens (tertiary/aromatic N) is 4. The highest BCUT2D eigenvalue weighted by atomic mass is 32.2. The average molecular weight is 347 g/mol. The van der Waals surface area contributed by atoms with Gasteiger partial charge >= 0.3 is 0 Å². The molecular weight excluding hydrogens is 326 g/mol. The first-order chi connectivity index (χ1) is 11.5. The first-order valence-corrected chi connectivity index (χ1v) is 9.69. The van der Waals surface area contributed by atoms with Crippen LogP contribution >= 0.6 is 0 Å². The van der Waals surface area contributed by atoms with E-state index in [9.17, 15) is 8.42 Å². The second kappa shape index (κ2) is 7.14. The molecule has 1 fully saturated rings. The third kappa shape index (κ3) is 4.21. The van der Waals surface area contributed by atoms with Crippen LogP contribution in [0.25, 0.3) is 0 Å². The lowest BCUT2D eigenvalue weighted by molar-refractivity contribution is 0.386. The van der Waals surface area contributed by atoms with Gasteiger partial charge in [-0.15, -0.1) is 10.2 Å². The topological polar surface area (TPSA) is 78.4 Å². The van der Waals surface area contributed by atoms with Gasteiger partial charge in [-0.05, 0) is 17.7 Å². The Kier molecular flexibility index (Phi) is 4.96. The first-order valence-electron chi connectivity index (χ1n) is 7.84. The lowest BCUT2D eigenvalue weighted by Gasteiger charge is -2.33.